The van der Waals surface area contributed by atoms with Crippen molar-refractivity contribution < 1.29 is 77.6 Å². The molecule has 2 fully saturated rings. The van der Waals surface area contributed by atoms with Crippen LogP contribution in [0.3, 0.4) is 0 Å². The molecule has 0 bridgehead atoms. The molecule has 0 spiro atoms. The number of carboxylic acids is 1. The first-order valence-corrected chi connectivity index (χ1v) is 17.2. The fourth-order valence-corrected chi connectivity index (χ4v) is 6.63. The lowest BCUT2D eigenvalue weighted by atomic mass is 9.87. The van der Waals surface area contributed by atoms with Crippen molar-refractivity contribution in [2.45, 2.75) is 75.1 Å². The summed E-state index contributed by atoms with van der Waals surface area (Å²) < 4.78 is 150. The first-order chi connectivity index (χ1) is 26.4. The predicted molar refractivity (Wildman–Crippen MR) is 175 cm³/mol. The average Bonchev–Trinajstić information content (AvgIpc) is 3.83. The van der Waals surface area contributed by atoms with Crippen molar-refractivity contribution in [1.82, 2.24) is 14.7 Å². The molecule has 2 saturated carbocycles. The molecule has 5 rings (SSSR count). The Balaban J connectivity index is 1.44. The molecule has 1 amide bonds. The van der Waals surface area contributed by atoms with Gasteiger partial charge in [-0.3, -0.25) is 14.5 Å². The molecule has 1 heterocycles. The van der Waals surface area contributed by atoms with E-state index in [-0.39, 0.29) is 59.4 Å². The van der Waals surface area contributed by atoms with Crippen LogP contribution in [0.15, 0.2) is 42.7 Å². The van der Waals surface area contributed by atoms with E-state index in [4.69, 9.17) is 32.7 Å². The summed E-state index contributed by atoms with van der Waals surface area (Å²) >= 11 is 12.3. The number of carboxylic acid groups (broad SMARTS) is 1. The number of rotatable bonds is 11. The van der Waals surface area contributed by atoms with Gasteiger partial charge in [0.05, 0.1) is 33.8 Å². The smallest absolute Gasteiger partial charge is 0.481 e. The highest BCUT2D eigenvalue weighted by Gasteiger charge is 2.73. The number of amides is 1. The molecule has 11 nitrogen and oxygen atoms in total. The molecule has 57 heavy (non-hydrogen) atoms. The second-order valence-corrected chi connectivity index (χ2v) is 13.8. The summed E-state index contributed by atoms with van der Waals surface area (Å²) in [5.74, 6) is -4.57. The van der Waals surface area contributed by atoms with E-state index < -0.39 is 95.3 Å². The number of aliphatic carboxylic acids is 1. The zero-order valence-electron chi connectivity index (χ0n) is 28.5. The zero-order chi connectivity index (χ0) is 42.2. The lowest BCUT2D eigenvalue weighted by Gasteiger charge is -2.31. The summed E-state index contributed by atoms with van der Waals surface area (Å²) in [6.07, 6.45) is -17.0. The van der Waals surface area contributed by atoms with Crippen LogP contribution in [0, 0.1) is 23.2 Å². The van der Waals surface area contributed by atoms with Crippen LogP contribution in [0.25, 0.3) is 16.8 Å². The van der Waals surface area contributed by atoms with Gasteiger partial charge in [0.25, 0.3) is 5.91 Å². The standard InChI is InChI=1S/C34H26Cl2F10N4O7/c35-23-8-5-18(9-22(23)28(51)49(25(12-47)16-1-2-16)15-55-30(54)56-21-6-3-17(4-7-21)29(52)53)19-13-48-50(14-19)27-24(36)10-20(11-26(27)57-34(44,45)46)31(37,32(38,39)40)33(41,42)43/h5,8-11,13-14,16-17,21,25H,1-4,6-7,15H2,(H,52,53). The second kappa shape index (κ2) is 16.1. The first kappa shape index (κ1) is 43.2. The molecule has 1 atom stereocenters. The third-order valence-corrected chi connectivity index (χ3v) is 9.80. The SMILES string of the molecule is N#CC(C1CC1)N(COC(=O)OC1CCC(C(=O)O)CC1)C(=O)c1cc(-c2cnn(-c3c(Cl)cc(C(F)(C(F)(F)F)C(F)(F)F)cc3OC(F)(F)F)c2)ccc1Cl. The number of hydrogen-bond acceptors (Lipinski definition) is 8. The monoisotopic (exact) mass is 862 g/mol. The number of carbonyl (C=O) groups excluding carboxylic acids is 2. The molecule has 1 aromatic heterocycles. The number of carbonyl (C=O) groups is 3. The van der Waals surface area contributed by atoms with Crippen LogP contribution in [0.2, 0.25) is 10.0 Å². The van der Waals surface area contributed by atoms with E-state index in [2.05, 4.69) is 9.84 Å². The van der Waals surface area contributed by atoms with Gasteiger partial charge in [-0.25, -0.2) is 13.9 Å². The fraction of sp³-hybridized carbons (Fsp3) is 0.441. The minimum absolute atomic E-state index is 0.0488. The maximum absolute atomic E-state index is 14.8. The topological polar surface area (TPSA) is 144 Å². The minimum atomic E-state index is -6.70. The van der Waals surface area contributed by atoms with Gasteiger partial charge in [0.2, 0.25) is 0 Å². The predicted octanol–water partition coefficient (Wildman–Crippen LogP) is 9.53. The Morgan fingerprint density at radius 2 is 1.54 bits per heavy atom. The van der Waals surface area contributed by atoms with Gasteiger partial charge in [-0.1, -0.05) is 29.3 Å². The average molecular weight is 863 g/mol. The molecule has 2 aromatic carbocycles. The number of nitrogens with zero attached hydrogens (tertiary/aromatic N) is 4. The molecule has 3 aromatic rings. The molecule has 1 N–H and O–H groups in total. The molecule has 0 radical (unpaired) electrons. The van der Waals surface area contributed by atoms with E-state index in [0.717, 1.165) is 23.4 Å². The summed E-state index contributed by atoms with van der Waals surface area (Å²) in [5.41, 5.74) is -9.86. The van der Waals surface area contributed by atoms with Crippen molar-refractivity contribution in [3.05, 3.63) is 63.9 Å². The normalized spacial score (nSPS) is 18.3. The van der Waals surface area contributed by atoms with Crippen LogP contribution in [-0.4, -0.2) is 75.4 Å². The zero-order valence-corrected chi connectivity index (χ0v) is 30.0. The highest BCUT2D eigenvalue weighted by atomic mass is 35.5. The summed E-state index contributed by atoms with van der Waals surface area (Å²) in [6, 6.07) is 3.88. The Labute approximate surface area is 324 Å². The Kier molecular flexibility index (Phi) is 12.2. The van der Waals surface area contributed by atoms with Crippen LogP contribution >= 0.6 is 23.2 Å². The van der Waals surface area contributed by atoms with E-state index in [1.807, 2.05) is 6.07 Å². The van der Waals surface area contributed by atoms with Crippen molar-refractivity contribution in [2.75, 3.05) is 6.73 Å². The summed E-state index contributed by atoms with van der Waals surface area (Å²) in [6.45, 7) is -0.783. The lowest BCUT2D eigenvalue weighted by Crippen LogP contribution is -2.50. The van der Waals surface area contributed by atoms with Gasteiger partial charge in [0.15, 0.2) is 12.5 Å². The number of hydrogen-bond donors (Lipinski definition) is 1. The maximum atomic E-state index is 14.8. The van der Waals surface area contributed by atoms with Crippen molar-refractivity contribution in [3.8, 4) is 28.6 Å². The van der Waals surface area contributed by atoms with E-state index in [0.29, 0.717) is 17.5 Å². The third-order valence-electron chi connectivity index (χ3n) is 9.18. The number of aromatic nitrogens is 2. The van der Waals surface area contributed by atoms with Crippen LogP contribution in [0.4, 0.5) is 48.7 Å². The number of halogens is 12. The van der Waals surface area contributed by atoms with Crippen molar-refractivity contribution >= 4 is 41.2 Å². The van der Waals surface area contributed by atoms with E-state index in [1.54, 1.807) is 0 Å². The van der Waals surface area contributed by atoms with Gasteiger partial charge in [-0.05, 0) is 74.3 Å². The molecular formula is C34H26Cl2F10N4O7. The van der Waals surface area contributed by atoms with Crippen LogP contribution in [0.5, 0.6) is 5.75 Å². The molecule has 2 aliphatic rings. The van der Waals surface area contributed by atoms with E-state index >= 15 is 0 Å². The third kappa shape index (κ3) is 9.43. The van der Waals surface area contributed by atoms with Crippen molar-refractivity contribution in [3.63, 3.8) is 0 Å². The van der Waals surface area contributed by atoms with Crippen LogP contribution in [0.1, 0.15) is 54.4 Å². The molecule has 0 aliphatic heterocycles. The number of nitriles is 1. The van der Waals surface area contributed by atoms with E-state index in [9.17, 15) is 68.7 Å². The van der Waals surface area contributed by atoms with Gasteiger partial charge in [0.1, 0.15) is 17.8 Å². The fourth-order valence-electron chi connectivity index (χ4n) is 6.13. The van der Waals surface area contributed by atoms with Gasteiger partial charge >= 0.3 is 36.5 Å². The maximum Gasteiger partial charge on any atom is 0.573 e. The number of alkyl halides is 10. The Bertz CT molecular complexity index is 2040. The summed E-state index contributed by atoms with van der Waals surface area (Å²) in [7, 11) is 0. The van der Waals surface area contributed by atoms with Gasteiger partial charge in [-0.15, -0.1) is 13.2 Å². The number of benzene rings is 2. The molecule has 308 valence electrons. The second-order valence-electron chi connectivity index (χ2n) is 13.0. The van der Waals surface area contributed by atoms with Crippen molar-refractivity contribution in [2.24, 2.45) is 11.8 Å². The Morgan fingerprint density at radius 3 is 2.09 bits per heavy atom. The summed E-state index contributed by atoms with van der Waals surface area (Å²) in [4.78, 5) is 38.6. The van der Waals surface area contributed by atoms with Crippen LogP contribution < -0.4 is 4.74 Å². The van der Waals surface area contributed by atoms with Crippen LogP contribution in [-0.2, 0) is 19.9 Å². The summed E-state index contributed by atoms with van der Waals surface area (Å²) in [5, 5.41) is 21.5. The molecular weight excluding hydrogens is 837 g/mol. The molecule has 2 aliphatic carbocycles. The lowest BCUT2D eigenvalue weighted by molar-refractivity contribution is -0.348. The Hall–Kier alpha value is -4.97. The number of ether oxygens (including phenoxy) is 3. The highest BCUT2D eigenvalue weighted by molar-refractivity contribution is 6.34. The minimum Gasteiger partial charge on any atom is -0.481 e. The first-order valence-electron chi connectivity index (χ1n) is 16.5. The molecule has 23 heteroatoms. The van der Waals surface area contributed by atoms with Crippen molar-refractivity contribution in [1.29, 1.82) is 5.26 Å². The van der Waals surface area contributed by atoms with Gasteiger partial charge < -0.3 is 19.3 Å². The van der Waals surface area contributed by atoms with Gasteiger partial charge in [-0.2, -0.15) is 36.7 Å². The largest absolute Gasteiger partial charge is 0.573 e. The molecule has 0 saturated heterocycles. The Morgan fingerprint density at radius 1 is 0.912 bits per heavy atom. The van der Waals surface area contributed by atoms with Gasteiger partial charge in [0, 0.05) is 17.3 Å². The highest BCUT2D eigenvalue weighted by Crippen LogP contribution is 2.55. The molecule has 1 unspecified atom stereocenters. The van der Waals surface area contributed by atoms with E-state index in [1.165, 1.54) is 12.1 Å². The quantitative estimate of drug-likeness (QED) is 0.113.